The lowest BCUT2D eigenvalue weighted by Gasteiger charge is -2.16. The minimum atomic E-state index is -4.36. The maximum absolute atomic E-state index is 9.74. The van der Waals surface area contributed by atoms with E-state index in [4.69, 9.17) is 0 Å². The number of hydrogen-bond donors (Lipinski definition) is 3. The summed E-state index contributed by atoms with van der Waals surface area (Å²) in [5.74, 6) is 0. The van der Waals surface area contributed by atoms with E-state index in [2.05, 4.69) is 0 Å². The molecular formula is C14H12O3Si. The van der Waals surface area contributed by atoms with Crippen LogP contribution < -0.4 is 5.19 Å². The van der Waals surface area contributed by atoms with Gasteiger partial charge in [0.2, 0.25) is 0 Å². The van der Waals surface area contributed by atoms with Gasteiger partial charge in [0.05, 0.1) is 0 Å². The fraction of sp³-hybridized carbons (Fsp3) is 0. The lowest BCUT2D eigenvalue weighted by Crippen LogP contribution is -2.49. The predicted molar refractivity (Wildman–Crippen MR) is 73.5 cm³/mol. The van der Waals surface area contributed by atoms with Crippen molar-refractivity contribution in [3.8, 4) is 0 Å². The van der Waals surface area contributed by atoms with Gasteiger partial charge in [-0.25, -0.2) is 0 Å². The van der Waals surface area contributed by atoms with Gasteiger partial charge in [0.15, 0.2) is 0 Å². The van der Waals surface area contributed by atoms with Crippen LogP contribution in [0.3, 0.4) is 0 Å². The molecule has 0 aliphatic rings. The van der Waals surface area contributed by atoms with Gasteiger partial charge in [-0.1, -0.05) is 48.5 Å². The average Bonchev–Trinajstić information content (AvgIpc) is 2.34. The first kappa shape index (κ1) is 11.4. The van der Waals surface area contributed by atoms with E-state index in [1.165, 1.54) is 0 Å². The van der Waals surface area contributed by atoms with Gasteiger partial charge < -0.3 is 14.4 Å². The standard InChI is InChI=1S/C14H12O3Si/c15-18(16,17)14-12-7-3-1-5-10(12)9-11-6-2-4-8-13(11)14/h1-9,15-17H. The Balaban J connectivity index is 2.58. The van der Waals surface area contributed by atoms with Crippen molar-refractivity contribution in [2.45, 2.75) is 0 Å². The Morgan fingerprint density at radius 1 is 0.667 bits per heavy atom. The van der Waals surface area contributed by atoms with Crippen molar-refractivity contribution in [3.05, 3.63) is 54.6 Å². The smallest absolute Gasteiger partial charge is 0.386 e. The Morgan fingerprint density at radius 3 is 1.56 bits per heavy atom. The minimum absolute atomic E-state index is 0.260. The van der Waals surface area contributed by atoms with Crippen LogP contribution in [0.5, 0.6) is 0 Å². The summed E-state index contributed by atoms with van der Waals surface area (Å²) in [5.41, 5.74) is 0. The maximum atomic E-state index is 9.74. The highest BCUT2D eigenvalue weighted by atomic mass is 28.4. The van der Waals surface area contributed by atoms with Gasteiger partial charge in [-0.15, -0.1) is 0 Å². The molecule has 0 aliphatic carbocycles. The molecule has 3 aromatic rings. The van der Waals surface area contributed by atoms with Gasteiger partial charge in [0.1, 0.15) is 0 Å². The van der Waals surface area contributed by atoms with E-state index in [0.29, 0.717) is 10.8 Å². The zero-order valence-corrected chi connectivity index (χ0v) is 10.5. The second kappa shape index (κ2) is 3.89. The van der Waals surface area contributed by atoms with Gasteiger partial charge in [-0.05, 0) is 27.6 Å². The Hall–Kier alpha value is -1.72. The van der Waals surface area contributed by atoms with Gasteiger partial charge in [0.25, 0.3) is 0 Å². The van der Waals surface area contributed by atoms with Crippen LogP contribution in [0.25, 0.3) is 21.5 Å². The summed E-state index contributed by atoms with van der Waals surface area (Å²) in [6.07, 6.45) is 0. The third-order valence-corrected chi connectivity index (χ3v) is 4.32. The van der Waals surface area contributed by atoms with E-state index in [0.717, 1.165) is 10.8 Å². The molecule has 3 aromatic carbocycles. The molecule has 0 heterocycles. The molecule has 3 rings (SSSR count). The van der Waals surface area contributed by atoms with Crippen molar-refractivity contribution in [2.24, 2.45) is 0 Å². The molecule has 0 saturated carbocycles. The van der Waals surface area contributed by atoms with Crippen molar-refractivity contribution in [1.82, 2.24) is 0 Å². The number of benzene rings is 3. The molecule has 0 atom stereocenters. The van der Waals surface area contributed by atoms with E-state index in [9.17, 15) is 14.4 Å². The van der Waals surface area contributed by atoms with Crippen LogP contribution in [-0.2, 0) is 0 Å². The fourth-order valence-electron chi connectivity index (χ4n) is 2.38. The average molecular weight is 256 g/mol. The summed E-state index contributed by atoms with van der Waals surface area (Å²) < 4.78 is 0. The topological polar surface area (TPSA) is 60.7 Å². The molecule has 0 spiro atoms. The maximum Gasteiger partial charge on any atom is 0.530 e. The van der Waals surface area contributed by atoms with E-state index in [-0.39, 0.29) is 5.19 Å². The highest BCUT2D eigenvalue weighted by Crippen LogP contribution is 2.22. The van der Waals surface area contributed by atoms with Crippen molar-refractivity contribution in [3.63, 3.8) is 0 Å². The molecule has 3 N–H and O–H groups in total. The lowest BCUT2D eigenvalue weighted by molar-refractivity contribution is 0.250. The largest absolute Gasteiger partial charge is 0.530 e. The van der Waals surface area contributed by atoms with Crippen LogP contribution in [0.15, 0.2) is 54.6 Å². The first-order valence-electron chi connectivity index (χ1n) is 5.65. The molecule has 0 radical (unpaired) electrons. The highest BCUT2D eigenvalue weighted by molar-refractivity contribution is 6.76. The zero-order valence-electron chi connectivity index (χ0n) is 9.54. The van der Waals surface area contributed by atoms with Crippen molar-refractivity contribution >= 4 is 35.5 Å². The summed E-state index contributed by atoms with van der Waals surface area (Å²) >= 11 is 0. The van der Waals surface area contributed by atoms with Gasteiger partial charge in [-0.3, -0.25) is 0 Å². The van der Waals surface area contributed by atoms with Crippen LogP contribution >= 0.6 is 0 Å². The Kier molecular flexibility index (Phi) is 2.46. The van der Waals surface area contributed by atoms with Gasteiger partial charge in [0, 0.05) is 5.19 Å². The van der Waals surface area contributed by atoms with E-state index in [1.54, 1.807) is 12.1 Å². The Bertz CT molecular complexity index is 678. The molecule has 0 saturated heterocycles. The number of fused-ring (bicyclic) bond motifs is 2. The molecule has 0 fully saturated rings. The molecule has 90 valence electrons. The van der Waals surface area contributed by atoms with Crippen LogP contribution in [0.4, 0.5) is 0 Å². The van der Waals surface area contributed by atoms with Crippen molar-refractivity contribution in [1.29, 1.82) is 0 Å². The first-order chi connectivity index (χ1) is 8.57. The Morgan fingerprint density at radius 2 is 1.11 bits per heavy atom. The third-order valence-electron chi connectivity index (χ3n) is 3.11. The lowest BCUT2D eigenvalue weighted by atomic mass is 10.0. The molecule has 4 heteroatoms. The predicted octanol–water partition coefficient (Wildman–Crippen LogP) is 1.12. The summed E-state index contributed by atoms with van der Waals surface area (Å²) in [6.45, 7) is 0. The highest BCUT2D eigenvalue weighted by Gasteiger charge is 2.34. The summed E-state index contributed by atoms with van der Waals surface area (Å²) in [5, 5.41) is 3.42. The second-order valence-corrected chi connectivity index (χ2v) is 6.10. The molecular weight excluding hydrogens is 244 g/mol. The molecule has 18 heavy (non-hydrogen) atoms. The number of rotatable bonds is 1. The van der Waals surface area contributed by atoms with Crippen molar-refractivity contribution in [2.75, 3.05) is 0 Å². The van der Waals surface area contributed by atoms with E-state index in [1.807, 2.05) is 42.5 Å². The normalized spacial score (nSPS) is 12.2. The van der Waals surface area contributed by atoms with Gasteiger partial charge >= 0.3 is 8.80 Å². The van der Waals surface area contributed by atoms with Crippen LogP contribution in [0, 0.1) is 0 Å². The van der Waals surface area contributed by atoms with Crippen LogP contribution in [0.2, 0.25) is 0 Å². The molecule has 0 unspecified atom stereocenters. The third kappa shape index (κ3) is 1.72. The van der Waals surface area contributed by atoms with Crippen LogP contribution in [-0.4, -0.2) is 23.2 Å². The number of hydrogen-bond acceptors (Lipinski definition) is 3. The molecule has 0 aromatic heterocycles. The molecule has 0 aliphatic heterocycles. The molecule has 3 nitrogen and oxygen atoms in total. The van der Waals surface area contributed by atoms with E-state index < -0.39 is 8.80 Å². The first-order valence-corrected chi connectivity index (χ1v) is 7.49. The fourth-order valence-corrected chi connectivity index (χ4v) is 3.55. The second-order valence-electron chi connectivity index (χ2n) is 4.33. The quantitative estimate of drug-likeness (QED) is 0.451. The SMILES string of the molecule is O[Si](O)(O)c1c2ccccc2cc2ccccc12. The summed E-state index contributed by atoms with van der Waals surface area (Å²) in [6, 6.07) is 16.8. The molecule has 0 bridgehead atoms. The summed E-state index contributed by atoms with van der Waals surface area (Å²) in [4.78, 5) is 29.2. The monoisotopic (exact) mass is 256 g/mol. The van der Waals surface area contributed by atoms with E-state index >= 15 is 0 Å². The van der Waals surface area contributed by atoms with Gasteiger partial charge in [-0.2, -0.15) is 0 Å². The Labute approximate surface area is 105 Å². The summed E-state index contributed by atoms with van der Waals surface area (Å²) in [7, 11) is -4.36. The zero-order chi connectivity index (χ0) is 12.8. The minimum Gasteiger partial charge on any atom is -0.386 e. The molecule has 0 amide bonds. The van der Waals surface area contributed by atoms with Crippen LogP contribution in [0.1, 0.15) is 0 Å². The van der Waals surface area contributed by atoms with Crippen molar-refractivity contribution < 1.29 is 14.4 Å².